The first-order valence-corrected chi connectivity index (χ1v) is 6.29. The molecule has 0 amide bonds. The molecule has 0 aliphatic carbocycles. The van der Waals surface area contributed by atoms with Gasteiger partial charge in [0.05, 0.1) is 9.40 Å². The van der Waals surface area contributed by atoms with Crippen molar-refractivity contribution in [2.24, 2.45) is 0 Å². The lowest BCUT2D eigenvalue weighted by atomic mass is 10.2. The third-order valence-corrected chi connectivity index (χ3v) is 3.11. The highest BCUT2D eigenvalue weighted by molar-refractivity contribution is 9.10. The summed E-state index contributed by atoms with van der Waals surface area (Å²) < 4.78 is 6.10. The number of aryl methyl sites for hydroxylation is 1. The van der Waals surface area contributed by atoms with Crippen LogP contribution in [0.25, 0.3) is 0 Å². The molecule has 1 aromatic carbocycles. The minimum atomic E-state index is -0.678. The Hall–Kier alpha value is -2.46. The molecule has 6 nitrogen and oxygen atoms in total. The molecule has 0 saturated heterocycles. The quantitative estimate of drug-likeness (QED) is 0.630. The molecule has 1 heterocycles. The number of hydrogen-bond donors (Lipinski definition) is 0. The lowest BCUT2D eigenvalue weighted by Crippen LogP contribution is -1.99. The van der Waals surface area contributed by atoms with Crippen LogP contribution in [0.1, 0.15) is 11.1 Å². The van der Waals surface area contributed by atoms with Gasteiger partial charge in [0.1, 0.15) is 17.4 Å². The zero-order chi connectivity index (χ0) is 14.7. The summed E-state index contributed by atoms with van der Waals surface area (Å²) in [6.45, 7) is 1.91. The van der Waals surface area contributed by atoms with E-state index < -0.39 is 10.6 Å². The number of pyridine rings is 1. The van der Waals surface area contributed by atoms with Gasteiger partial charge in [-0.3, -0.25) is 10.1 Å². The highest BCUT2D eigenvalue weighted by Crippen LogP contribution is 2.35. The Kier molecular flexibility index (Phi) is 3.96. The van der Waals surface area contributed by atoms with Crippen molar-refractivity contribution in [2.45, 2.75) is 6.92 Å². The van der Waals surface area contributed by atoms with Crippen LogP contribution >= 0.6 is 15.9 Å². The molecule has 0 aliphatic rings. The van der Waals surface area contributed by atoms with Gasteiger partial charge in [0.2, 0.25) is 0 Å². The van der Waals surface area contributed by atoms with E-state index in [1.165, 1.54) is 12.3 Å². The Morgan fingerprint density at radius 3 is 2.80 bits per heavy atom. The third-order valence-electron chi connectivity index (χ3n) is 2.49. The first kappa shape index (κ1) is 14.0. The zero-order valence-corrected chi connectivity index (χ0v) is 11.9. The molecule has 2 aromatic rings. The van der Waals surface area contributed by atoms with Crippen LogP contribution < -0.4 is 4.74 Å². The van der Waals surface area contributed by atoms with Crippen LogP contribution in [-0.4, -0.2) is 9.91 Å². The van der Waals surface area contributed by atoms with Crippen LogP contribution in [0.2, 0.25) is 0 Å². The van der Waals surface area contributed by atoms with Crippen molar-refractivity contribution in [3.05, 3.63) is 56.2 Å². The second-order valence-electron chi connectivity index (χ2n) is 3.92. The van der Waals surface area contributed by atoms with Crippen LogP contribution in [0.3, 0.4) is 0 Å². The minimum absolute atomic E-state index is 0.0942. The van der Waals surface area contributed by atoms with E-state index in [2.05, 4.69) is 20.9 Å². The maximum atomic E-state index is 11.1. The van der Waals surface area contributed by atoms with E-state index >= 15 is 0 Å². The van der Waals surface area contributed by atoms with Gasteiger partial charge in [-0.05, 0) is 46.6 Å². The average Bonchev–Trinajstić information content (AvgIpc) is 2.41. The molecule has 2 rings (SSSR count). The number of aromatic nitrogens is 1. The summed E-state index contributed by atoms with van der Waals surface area (Å²) in [5, 5.41) is 20.0. The van der Waals surface area contributed by atoms with Gasteiger partial charge in [0.25, 0.3) is 0 Å². The topological polar surface area (TPSA) is 89.0 Å². The first-order valence-electron chi connectivity index (χ1n) is 5.50. The number of halogens is 1. The second-order valence-corrected chi connectivity index (χ2v) is 4.77. The molecule has 0 spiro atoms. The smallest absolute Gasteiger partial charge is 0.348 e. The van der Waals surface area contributed by atoms with Gasteiger partial charge in [0, 0.05) is 6.20 Å². The molecule has 1 aromatic heterocycles. The highest BCUT2D eigenvalue weighted by Gasteiger charge is 2.23. The van der Waals surface area contributed by atoms with Crippen molar-refractivity contribution < 1.29 is 9.66 Å². The van der Waals surface area contributed by atoms with Crippen LogP contribution in [0, 0.1) is 28.4 Å². The van der Waals surface area contributed by atoms with Crippen molar-refractivity contribution in [2.75, 3.05) is 0 Å². The summed E-state index contributed by atoms with van der Waals surface area (Å²) in [5.74, 6) is 0.180. The van der Waals surface area contributed by atoms with Crippen LogP contribution in [-0.2, 0) is 0 Å². The molecule has 0 atom stereocenters. The molecule has 0 unspecified atom stereocenters. The molecule has 20 heavy (non-hydrogen) atoms. The first-order chi connectivity index (χ1) is 9.52. The molecule has 0 saturated carbocycles. The zero-order valence-electron chi connectivity index (χ0n) is 10.3. The summed E-state index contributed by atoms with van der Waals surface area (Å²) >= 11 is 3.31. The van der Waals surface area contributed by atoms with Gasteiger partial charge < -0.3 is 4.74 Å². The third kappa shape index (κ3) is 2.75. The highest BCUT2D eigenvalue weighted by atomic mass is 79.9. The van der Waals surface area contributed by atoms with Crippen LogP contribution in [0.15, 0.2) is 34.9 Å². The molecule has 0 bridgehead atoms. The van der Waals surface area contributed by atoms with E-state index in [1.807, 2.05) is 13.0 Å². The van der Waals surface area contributed by atoms with Crippen molar-refractivity contribution >= 4 is 21.6 Å². The minimum Gasteiger partial charge on any atom is -0.432 e. The number of benzene rings is 1. The Labute approximate surface area is 122 Å². The fourth-order valence-electron chi connectivity index (χ4n) is 1.57. The summed E-state index contributed by atoms with van der Waals surface area (Å²) in [6.07, 6.45) is 1.29. The van der Waals surface area contributed by atoms with Gasteiger partial charge >= 0.3 is 11.6 Å². The molecular weight excluding hydrogens is 326 g/mol. The molecule has 0 aliphatic heterocycles. The molecule has 0 N–H and O–H groups in total. The van der Waals surface area contributed by atoms with E-state index in [0.29, 0.717) is 10.2 Å². The van der Waals surface area contributed by atoms with E-state index in [0.717, 1.165) is 5.56 Å². The van der Waals surface area contributed by atoms with E-state index in [-0.39, 0.29) is 11.4 Å². The average molecular weight is 334 g/mol. The fraction of sp³-hybridized carbons (Fsp3) is 0.0769. The number of ether oxygens (including phenoxy) is 1. The fourth-order valence-corrected chi connectivity index (χ4v) is 2.14. The van der Waals surface area contributed by atoms with Gasteiger partial charge in [-0.2, -0.15) is 5.26 Å². The second kappa shape index (κ2) is 5.67. The molecule has 100 valence electrons. The van der Waals surface area contributed by atoms with E-state index in [9.17, 15) is 10.1 Å². The lowest BCUT2D eigenvalue weighted by Gasteiger charge is -2.08. The SMILES string of the molecule is Cc1ccc(Oc2nccc(C#N)c2[N+](=O)[O-])c(Br)c1. The standard InChI is InChI=1S/C13H8BrN3O3/c1-8-2-3-11(10(14)6-8)20-13-12(17(18)19)9(7-15)4-5-16-13/h2-6H,1H3. The predicted molar refractivity (Wildman–Crippen MR) is 74.6 cm³/mol. The molecule has 7 heteroatoms. The van der Waals surface area contributed by atoms with Crippen molar-refractivity contribution in [1.29, 1.82) is 5.26 Å². The predicted octanol–water partition coefficient (Wildman–Crippen LogP) is 3.72. The van der Waals surface area contributed by atoms with E-state index in [1.54, 1.807) is 18.2 Å². The van der Waals surface area contributed by atoms with Gasteiger partial charge in [-0.1, -0.05) is 6.07 Å². The Morgan fingerprint density at radius 1 is 1.45 bits per heavy atom. The maximum absolute atomic E-state index is 11.1. The number of nitrogens with zero attached hydrogens (tertiary/aromatic N) is 3. The summed E-state index contributed by atoms with van der Waals surface area (Å²) in [7, 11) is 0. The summed E-state index contributed by atoms with van der Waals surface area (Å²) in [4.78, 5) is 14.2. The molecule has 0 fully saturated rings. The van der Waals surface area contributed by atoms with Gasteiger partial charge in [-0.25, -0.2) is 4.98 Å². The van der Waals surface area contributed by atoms with Crippen molar-refractivity contribution in [3.63, 3.8) is 0 Å². The van der Waals surface area contributed by atoms with Crippen molar-refractivity contribution in [3.8, 4) is 17.7 Å². The number of nitro groups is 1. The molecule has 0 radical (unpaired) electrons. The largest absolute Gasteiger partial charge is 0.432 e. The number of nitriles is 1. The van der Waals surface area contributed by atoms with Crippen LogP contribution in [0.4, 0.5) is 5.69 Å². The summed E-state index contributed by atoms with van der Waals surface area (Å²) in [6, 6.07) is 8.32. The van der Waals surface area contributed by atoms with Crippen LogP contribution in [0.5, 0.6) is 11.6 Å². The number of rotatable bonds is 3. The monoisotopic (exact) mass is 333 g/mol. The van der Waals surface area contributed by atoms with Crippen molar-refractivity contribution in [1.82, 2.24) is 4.98 Å². The normalized spacial score (nSPS) is 9.85. The Bertz CT molecular complexity index is 725. The summed E-state index contributed by atoms with van der Waals surface area (Å²) in [5.41, 5.74) is 0.475. The maximum Gasteiger partial charge on any atom is 0.348 e. The Morgan fingerprint density at radius 2 is 2.20 bits per heavy atom. The van der Waals surface area contributed by atoms with E-state index in [4.69, 9.17) is 10.00 Å². The molecular formula is C13H8BrN3O3. The van der Waals surface area contributed by atoms with Gasteiger partial charge in [-0.15, -0.1) is 0 Å². The Balaban J connectivity index is 2.49. The lowest BCUT2D eigenvalue weighted by molar-refractivity contribution is -0.386. The number of hydrogen-bond acceptors (Lipinski definition) is 5. The van der Waals surface area contributed by atoms with Gasteiger partial charge in [0.15, 0.2) is 0 Å².